The first-order chi connectivity index (χ1) is 5.65. The molecule has 0 fully saturated rings. The standard InChI is InChI=1S/C8H13N3O/c1-10-3-6-4-11(2)5-7(6)8(9)12/h4-5,10H,3H2,1-2H3,(H2,9,12). The summed E-state index contributed by atoms with van der Waals surface area (Å²) in [4.78, 5) is 10.9. The second-order valence-electron chi connectivity index (χ2n) is 2.76. The van der Waals surface area contributed by atoms with Gasteiger partial charge in [0.1, 0.15) is 0 Å². The molecular formula is C8H13N3O. The third kappa shape index (κ3) is 1.65. The number of carbonyl (C=O) groups excluding carboxylic acids is 1. The van der Waals surface area contributed by atoms with Crippen molar-refractivity contribution in [3.63, 3.8) is 0 Å². The van der Waals surface area contributed by atoms with Crippen molar-refractivity contribution in [2.75, 3.05) is 7.05 Å². The summed E-state index contributed by atoms with van der Waals surface area (Å²) >= 11 is 0. The van der Waals surface area contributed by atoms with E-state index in [1.165, 1.54) is 0 Å². The number of hydrogen-bond acceptors (Lipinski definition) is 2. The lowest BCUT2D eigenvalue weighted by atomic mass is 10.2. The van der Waals surface area contributed by atoms with E-state index in [1.54, 1.807) is 6.20 Å². The molecule has 0 saturated heterocycles. The Bertz CT molecular complexity index is 290. The van der Waals surface area contributed by atoms with E-state index >= 15 is 0 Å². The summed E-state index contributed by atoms with van der Waals surface area (Å²) < 4.78 is 1.83. The minimum absolute atomic E-state index is 0.374. The zero-order valence-electron chi connectivity index (χ0n) is 7.29. The van der Waals surface area contributed by atoms with Crippen molar-refractivity contribution in [2.24, 2.45) is 12.8 Å². The number of aromatic nitrogens is 1. The van der Waals surface area contributed by atoms with Crippen molar-refractivity contribution < 1.29 is 4.79 Å². The smallest absolute Gasteiger partial charge is 0.250 e. The van der Waals surface area contributed by atoms with Crippen LogP contribution >= 0.6 is 0 Å². The van der Waals surface area contributed by atoms with E-state index in [-0.39, 0.29) is 5.91 Å². The van der Waals surface area contributed by atoms with E-state index in [9.17, 15) is 4.79 Å². The van der Waals surface area contributed by atoms with E-state index in [0.717, 1.165) is 5.56 Å². The van der Waals surface area contributed by atoms with Gasteiger partial charge in [-0.3, -0.25) is 4.79 Å². The van der Waals surface area contributed by atoms with Gasteiger partial charge in [0.25, 0.3) is 5.91 Å². The highest BCUT2D eigenvalue weighted by Gasteiger charge is 2.08. The minimum atomic E-state index is -0.374. The Balaban J connectivity index is 2.99. The van der Waals surface area contributed by atoms with Gasteiger partial charge in [-0.15, -0.1) is 0 Å². The van der Waals surface area contributed by atoms with Gasteiger partial charge < -0.3 is 15.6 Å². The lowest BCUT2D eigenvalue weighted by Gasteiger charge is -1.97. The highest BCUT2D eigenvalue weighted by Crippen LogP contribution is 2.08. The SMILES string of the molecule is CNCc1cn(C)cc1C(N)=O. The fraction of sp³-hybridized carbons (Fsp3) is 0.375. The number of carbonyl (C=O) groups is 1. The number of nitrogens with one attached hydrogen (secondary N) is 1. The van der Waals surface area contributed by atoms with Gasteiger partial charge in [0.2, 0.25) is 0 Å². The Morgan fingerprint density at radius 2 is 2.33 bits per heavy atom. The van der Waals surface area contributed by atoms with Crippen molar-refractivity contribution in [3.05, 3.63) is 23.5 Å². The van der Waals surface area contributed by atoms with Gasteiger partial charge in [0.05, 0.1) is 5.56 Å². The predicted molar refractivity (Wildman–Crippen MR) is 46.7 cm³/mol. The number of nitrogens with zero attached hydrogens (tertiary/aromatic N) is 1. The highest BCUT2D eigenvalue weighted by molar-refractivity contribution is 5.94. The van der Waals surface area contributed by atoms with Crippen LogP contribution in [0.1, 0.15) is 15.9 Å². The van der Waals surface area contributed by atoms with E-state index in [1.807, 2.05) is 24.9 Å². The van der Waals surface area contributed by atoms with Gasteiger partial charge in [0.15, 0.2) is 0 Å². The summed E-state index contributed by atoms with van der Waals surface area (Å²) in [7, 11) is 3.70. The molecule has 1 rings (SSSR count). The molecule has 0 aliphatic heterocycles. The summed E-state index contributed by atoms with van der Waals surface area (Å²) in [6.45, 7) is 0.666. The maximum Gasteiger partial charge on any atom is 0.250 e. The first kappa shape index (κ1) is 8.80. The van der Waals surface area contributed by atoms with Crippen LogP contribution in [0, 0.1) is 0 Å². The molecule has 0 aliphatic carbocycles. The van der Waals surface area contributed by atoms with Crippen molar-refractivity contribution in [2.45, 2.75) is 6.54 Å². The molecule has 0 unspecified atom stereocenters. The second-order valence-corrected chi connectivity index (χ2v) is 2.76. The van der Waals surface area contributed by atoms with Crippen LogP contribution in [0.25, 0.3) is 0 Å². The minimum Gasteiger partial charge on any atom is -0.366 e. The van der Waals surface area contributed by atoms with Gasteiger partial charge in [-0.2, -0.15) is 0 Å². The third-order valence-electron chi connectivity index (χ3n) is 1.67. The van der Waals surface area contributed by atoms with Crippen LogP contribution in [-0.4, -0.2) is 17.5 Å². The van der Waals surface area contributed by atoms with Crippen LogP contribution < -0.4 is 11.1 Å². The van der Waals surface area contributed by atoms with E-state index in [4.69, 9.17) is 5.73 Å². The second kappa shape index (κ2) is 3.40. The zero-order valence-corrected chi connectivity index (χ0v) is 7.29. The molecule has 0 aliphatic rings. The van der Waals surface area contributed by atoms with Crippen LogP contribution in [0.3, 0.4) is 0 Å². The molecule has 1 heterocycles. The molecule has 0 bridgehead atoms. The average molecular weight is 167 g/mol. The molecule has 0 aromatic carbocycles. The molecule has 0 spiro atoms. The highest BCUT2D eigenvalue weighted by atomic mass is 16.1. The summed E-state index contributed by atoms with van der Waals surface area (Å²) in [5.41, 5.74) is 6.71. The van der Waals surface area contributed by atoms with Gasteiger partial charge in [-0.05, 0) is 12.6 Å². The quantitative estimate of drug-likeness (QED) is 0.657. The Labute approximate surface area is 71.4 Å². The third-order valence-corrected chi connectivity index (χ3v) is 1.67. The fourth-order valence-corrected chi connectivity index (χ4v) is 1.19. The molecule has 0 saturated carbocycles. The summed E-state index contributed by atoms with van der Waals surface area (Å²) in [6, 6.07) is 0. The van der Waals surface area contributed by atoms with E-state index in [2.05, 4.69) is 5.32 Å². The topological polar surface area (TPSA) is 60.1 Å². The molecule has 1 amide bonds. The Kier molecular flexibility index (Phi) is 2.50. The summed E-state index contributed by atoms with van der Waals surface area (Å²) in [6.07, 6.45) is 3.62. The van der Waals surface area contributed by atoms with Crippen LogP contribution in [0.15, 0.2) is 12.4 Å². The van der Waals surface area contributed by atoms with E-state index in [0.29, 0.717) is 12.1 Å². The molecule has 4 heteroatoms. The summed E-state index contributed by atoms with van der Waals surface area (Å²) in [5.74, 6) is -0.374. The molecular weight excluding hydrogens is 154 g/mol. The molecule has 0 atom stereocenters. The molecule has 0 radical (unpaired) electrons. The van der Waals surface area contributed by atoms with Crippen molar-refractivity contribution in [3.8, 4) is 0 Å². The molecule has 66 valence electrons. The van der Waals surface area contributed by atoms with Crippen LogP contribution in [0.5, 0.6) is 0 Å². The van der Waals surface area contributed by atoms with Crippen molar-refractivity contribution >= 4 is 5.91 Å². The van der Waals surface area contributed by atoms with Crippen molar-refractivity contribution in [1.29, 1.82) is 0 Å². The van der Waals surface area contributed by atoms with Crippen LogP contribution in [0.2, 0.25) is 0 Å². The maximum absolute atomic E-state index is 10.9. The largest absolute Gasteiger partial charge is 0.366 e. The number of rotatable bonds is 3. The van der Waals surface area contributed by atoms with Gasteiger partial charge in [-0.25, -0.2) is 0 Å². The summed E-state index contributed by atoms with van der Waals surface area (Å²) in [5, 5.41) is 2.97. The van der Waals surface area contributed by atoms with Crippen molar-refractivity contribution in [1.82, 2.24) is 9.88 Å². The Morgan fingerprint density at radius 3 is 2.83 bits per heavy atom. The number of amides is 1. The molecule has 12 heavy (non-hydrogen) atoms. The molecule has 3 N–H and O–H groups in total. The predicted octanol–water partition coefficient (Wildman–Crippen LogP) is -0.157. The van der Waals surface area contributed by atoms with Crippen LogP contribution in [-0.2, 0) is 13.6 Å². The molecule has 1 aromatic rings. The maximum atomic E-state index is 10.9. The van der Waals surface area contributed by atoms with E-state index < -0.39 is 0 Å². The molecule has 1 aromatic heterocycles. The Hall–Kier alpha value is -1.29. The lowest BCUT2D eigenvalue weighted by Crippen LogP contribution is -2.14. The fourth-order valence-electron chi connectivity index (χ4n) is 1.19. The number of hydrogen-bond donors (Lipinski definition) is 2. The van der Waals surface area contributed by atoms with Gasteiger partial charge >= 0.3 is 0 Å². The van der Waals surface area contributed by atoms with Crippen LogP contribution in [0.4, 0.5) is 0 Å². The Morgan fingerprint density at radius 1 is 1.67 bits per heavy atom. The first-order valence-electron chi connectivity index (χ1n) is 3.74. The average Bonchev–Trinajstić information content (AvgIpc) is 2.32. The first-order valence-corrected chi connectivity index (χ1v) is 3.74. The van der Waals surface area contributed by atoms with Gasteiger partial charge in [0, 0.05) is 26.0 Å². The number of primary amides is 1. The molecule has 4 nitrogen and oxygen atoms in total. The number of nitrogens with two attached hydrogens (primary N) is 1. The zero-order chi connectivity index (χ0) is 9.14. The monoisotopic (exact) mass is 167 g/mol. The van der Waals surface area contributed by atoms with Gasteiger partial charge in [-0.1, -0.05) is 0 Å². The lowest BCUT2D eigenvalue weighted by molar-refractivity contribution is 0.0999. The normalized spacial score (nSPS) is 10.2. The number of aryl methyl sites for hydroxylation is 1.